The van der Waals surface area contributed by atoms with Gasteiger partial charge in [-0.05, 0) is 69.1 Å². The summed E-state index contributed by atoms with van der Waals surface area (Å²) in [6.45, 7) is 2.60. The summed E-state index contributed by atoms with van der Waals surface area (Å²) >= 11 is 0. The van der Waals surface area contributed by atoms with Crippen molar-refractivity contribution in [1.29, 1.82) is 0 Å². The van der Waals surface area contributed by atoms with Crippen molar-refractivity contribution in [2.45, 2.75) is 95.6 Å². The molecule has 0 bridgehead atoms. The molecule has 1 unspecified atom stereocenters. The minimum Gasteiger partial charge on any atom is -0.504 e. The molecule has 5 N–H and O–H groups in total. The van der Waals surface area contributed by atoms with Gasteiger partial charge in [0.1, 0.15) is 0 Å². The lowest BCUT2D eigenvalue weighted by atomic mass is 9.83. The summed E-state index contributed by atoms with van der Waals surface area (Å²) < 4.78 is 12.7. The van der Waals surface area contributed by atoms with E-state index in [0.717, 1.165) is 54.4 Å². The number of phenolic OH excluding ortho intramolecular Hbond substituents is 1. The van der Waals surface area contributed by atoms with Crippen LogP contribution in [-0.4, -0.2) is 41.3 Å². The lowest BCUT2D eigenvalue weighted by Gasteiger charge is -2.30. The lowest BCUT2D eigenvalue weighted by molar-refractivity contribution is 0.00682. The molecule has 4 aliphatic rings. The van der Waals surface area contributed by atoms with Crippen LogP contribution in [0.4, 0.5) is 0 Å². The standard InChI is InChI=1S/C32H42N2O4/c1-21-6-5-9-27(37-20-25-19-34-31(33)17-22(25)11-10-21)18-30(36)24-12-14-28-23(16-24)13-15-29(35)32(28)38-26-7-3-2-4-8-26/h12-15,17,19,21,24,26-27,30-31,34-36H,2-9,16,18,20,33H2,1H3/t21-,24+,27-,30-,31?/m0/s1. The Balaban J connectivity index is 1.24. The normalized spacial score (nSPS) is 28.7. The van der Waals surface area contributed by atoms with Crippen LogP contribution in [0.1, 0.15) is 75.8 Å². The Bertz CT molecular complexity index is 1140. The fourth-order valence-corrected chi connectivity index (χ4v) is 5.97. The van der Waals surface area contributed by atoms with E-state index in [9.17, 15) is 10.2 Å². The number of fused-ring (bicyclic) bond motifs is 2. The van der Waals surface area contributed by atoms with Crippen LogP contribution in [0.15, 0.2) is 41.6 Å². The van der Waals surface area contributed by atoms with Crippen LogP contribution >= 0.6 is 0 Å². The summed E-state index contributed by atoms with van der Waals surface area (Å²) in [5.74, 6) is 7.75. The number of hydrogen-bond donors (Lipinski definition) is 4. The van der Waals surface area contributed by atoms with Gasteiger partial charge in [0.25, 0.3) is 0 Å². The van der Waals surface area contributed by atoms with Gasteiger partial charge >= 0.3 is 0 Å². The maximum atomic E-state index is 11.3. The first-order chi connectivity index (χ1) is 18.5. The van der Waals surface area contributed by atoms with Gasteiger partial charge in [-0.25, -0.2) is 0 Å². The number of dihydropyridines is 1. The second-order valence-corrected chi connectivity index (χ2v) is 11.4. The number of rotatable bonds is 5. The van der Waals surface area contributed by atoms with Gasteiger partial charge in [0, 0.05) is 41.2 Å². The maximum absolute atomic E-state index is 11.3. The van der Waals surface area contributed by atoms with Crippen molar-refractivity contribution >= 4 is 6.08 Å². The van der Waals surface area contributed by atoms with Crippen molar-refractivity contribution in [3.8, 4) is 23.3 Å². The quantitative estimate of drug-likeness (QED) is 0.412. The van der Waals surface area contributed by atoms with E-state index in [1.54, 1.807) is 6.07 Å². The van der Waals surface area contributed by atoms with Crippen LogP contribution in [0, 0.1) is 23.7 Å². The third kappa shape index (κ3) is 6.64. The molecule has 5 rings (SSSR count). The van der Waals surface area contributed by atoms with E-state index in [1.807, 2.05) is 24.4 Å². The molecule has 0 aromatic heterocycles. The van der Waals surface area contributed by atoms with Gasteiger partial charge < -0.3 is 30.7 Å². The molecule has 1 fully saturated rings. The van der Waals surface area contributed by atoms with Gasteiger partial charge in [-0.15, -0.1) is 0 Å². The van der Waals surface area contributed by atoms with E-state index in [1.165, 1.54) is 19.3 Å². The molecule has 2 heterocycles. The number of phenols is 1. The second kappa shape index (κ2) is 12.4. The molecule has 1 saturated carbocycles. The van der Waals surface area contributed by atoms with Gasteiger partial charge in [-0.1, -0.05) is 43.4 Å². The van der Waals surface area contributed by atoms with Crippen molar-refractivity contribution in [2.24, 2.45) is 17.6 Å². The summed E-state index contributed by atoms with van der Waals surface area (Å²) in [6, 6.07) is 3.70. The molecule has 0 saturated heterocycles. The van der Waals surface area contributed by atoms with Gasteiger partial charge in [0.15, 0.2) is 11.5 Å². The van der Waals surface area contributed by atoms with Crippen LogP contribution in [0.25, 0.3) is 6.08 Å². The number of hydrogen-bond acceptors (Lipinski definition) is 6. The average Bonchev–Trinajstić information content (AvgIpc) is 2.95. The van der Waals surface area contributed by atoms with Gasteiger partial charge in [-0.2, -0.15) is 0 Å². The Hall–Kier alpha value is -2.72. The number of aliphatic hydroxyl groups is 1. The third-order valence-corrected chi connectivity index (χ3v) is 8.30. The Morgan fingerprint density at radius 1 is 1.16 bits per heavy atom. The van der Waals surface area contributed by atoms with Gasteiger partial charge in [0.2, 0.25) is 0 Å². The van der Waals surface area contributed by atoms with Crippen LogP contribution in [0.2, 0.25) is 0 Å². The van der Waals surface area contributed by atoms with Crippen molar-refractivity contribution in [3.05, 3.63) is 52.8 Å². The van der Waals surface area contributed by atoms with E-state index in [4.69, 9.17) is 15.2 Å². The van der Waals surface area contributed by atoms with Gasteiger partial charge in [-0.3, -0.25) is 0 Å². The molecule has 5 atom stereocenters. The number of aliphatic hydroxyl groups excluding tert-OH is 1. The Labute approximate surface area is 227 Å². The highest BCUT2D eigenvalue weighted by molar-refractivity contribution is 5.67. The van der Waals surface area contributed by atoms with E-state index in [-0.39, 0.29) is 30.0 Å². The molecule has 0 radical (unpaired) electrons. The predicted molar refractivity (Wildman–Crippen MR) is 150 cm³/mol. The number of aromatic hydroxyl groups is 1. The van der Waals surface area contributed by atoms with E-state index >= 15 is 0 Å². The summed E-state index contributed by atoms with van der Waals surface area (Å²) in [4.78, 5) is 0. The summed E-state index contributed by atoms with van der Waals surface area (Å²) in [5, 5.41) is 25.0. The zero-order chi connectivity index (χ0) is 26.5. The maximum Gasteiger partial charge on any atom is 0.168 e. The first-order valence-electron chi connectivity index (χ1n) is 14.4. The Morgan fingerprint density at radius 3 is 2.84 bits per heavy atom. The van der Waals surface area contributed by atoms with Gasteiger partial charge in [0.05, 0.1) is 31.1 Å². The molecule has 204 valence electrons. The fourth-order valence-electron chi connectivity index (χ4n) is 5.97. The summed E-state index contributed by atoms with van der Waals surface area (Å²) in [7, 11) is 0. The predicted octanol–water partition coefficient (Wildman–Crippen LogP) is 4.95. The zero-order valence-electron chi connectivity index (χ0n) is 22.5. The average molecular weight is 519 g/mol. The van der Waals surface area contributed by atoms with Crippen molar-refractivity contribution in [1.82, 2.24) is 5.32 Å². The monoisotopic (exact) mass is 518 g/mol. The first-order valence-corrected chi connectivity index (χ1v) is 14.4. The minimum atomic E-state index is -0.526. The number of nitrogens with two attached hydrogens (primary N) is 1. The lowest BCUT2D eigenvalue weighted by Crippen LogP contribution is -2.35. The van der Waals surface area contributed by atoms with Crippen molar-refractivity contribution in [3.63, 3.8) is 0 Å². The minimum absolute atomic E-state index is 0.0115. The topological polar surface area (TPSA) is 97.0 Å². The molecule has 2 aliphatic heterocycles. The molecular formula is C32H42N2O4. The van der Waals surface area contributed by atoms with Crippen LogP contribution in [0.5, 0.6) is 11.5 Å². The SMILES string of the molecule is C[C@@H]1C#CC2=CC(N)NC=C2CO[C@H](C[C@H](O)[C@@H]2C=Cc3c(ccc(O)c3OC3CCCCC3)C2)CCC1. The molecular weight excluding hydrogens is 476 g/mol. The Morgan fingerprint density at radius 2 is 2.00 bits per heavy atom. The molecule has 1 aromatic carbocycles. The third-order valence-electron chi connectivity index (χ3n) is 8.30. The highest BCUT2D eigenvalue weighted by Gasteiger charge is 2.28. The largest absolute Gasteiger partial charge is 0.504 e. The van der Waals surface area contributed by atoms with Crippen LogP contribution in [-0.2, 0) is 11.2 Å². The molecule has 38 heavy (non-hydrogen) atoms. The summed E-state index contributed by atoms with van der Waals surface area (Å²) in [5.41, 5.74) is 10.0. The Kier molecular flexibility index (Phi) is 8.79. The van der Waals surface area contributed by atoms with Crippen molar-refractivity contribution < 1.29 is 19.7 Å². The van der Waals surface area contributed by atoms with E-state index in [0.29, 0.717) is 31.1 Å². The fraction of sp³-hybridized carbons (Fsp3) is 0.562. The van der Waals surface area contributed by atoms with E-state index in [2.05, 4.69) is 30.2 Å². The molecule has 6 heteroatoms. The molecule has 2 aliphatic carbocycles. The molecule has 1 aromatic rings. The molecule has 6 nitrogen and oxygen atoms in total. The smallest absolute Gasteiger partial charge is 0.168 e. The van der Waals surface area contributed by atoms with Crippen LogP contribution in [0.3, 0.4) is 0 Å². The number of benzene rings is 1. The zero-order valence-corrected chi connectivity index (χ0v) is 22.5. The van der Waals surface area contributed by atoms with Crippen molar-refractivity contribution in [2.75, 3.05) is 6.61 Å². The highest BCUT2D eigenvalue weighted by atomic mass is 16.5. The summed E-state index contributed by atoms with van der Waals surface area (Å²) in [6.07, 6.45) is 17.2. The van der Waals surface area contributed by atoms with E-state index < -0.39 is 6.10 Å². The molecule has 0 spiro atoms. The van der Waals surface area contributed by atoms with Crippen LogP contribution < -0.4 is 15.8 Å². The second-order valence-electron chi connectivity index (χ2n) is 11.4. The highest BCUT2D eigenvalue weighted by Crippen LogP contribution is 2.40. The number of nitrogens with one attached hydrogen (secondary N) is 1. The first kappa shape index (κ1) is 26.9. The molecule has 0 amide bonds. The number of ether oxygens (including phenoxy) is 2.